The van der Waals surface area contributed by atoms with Crippen LogP contribution < -0.4 is 10.9 Å². The van der Waals surface area contributed by atoms with Gasteiger partial charge in [0.15, 0.2) is 0 Å². The molecule has 120 valence electrons. The molecule has 0 aliphatic rings. The first kappa shape index (κ1) is 15.8. The van der Waals surface area contributed by atoms with Crippen LogP contribution in [0.1, 0.15) is 26.2 Å². The van der Waals surface area contributed by atoms with E-state index in [1.165, 1.54) is 22.7 Å². The van der Waals surface area contributed by atoms with Crippen molar-refractivity contribution < 1.29 is 4.79 Å². The van der Waals surface area contributed by atoms with Crippen LogP contribution in [0, 0.1) is 20.8 Å². The average Bonchev–Trinajstić information content (AvgIpc) is 3.08. The van der Waals surface area contributed by atoms with Crippen LogP contribution in [-0.2, 0) is 6.54 Å². The molecule has 0 spiro atoms. The third-order valence-corrected chi connectivity index (χ3v) is 5.38. The number of aromatic nitrogens is 3. The molecule has 0 saturated carbocycles. The molecule has 0 unspecified atom stereocenters. The number of carbonyl (C=O) groups is 1. The summed E-state index contributed by atoms with van der Waals surface area (Å²) in [5.74, 6) is 0.507. The number of amides is 1. The molecule has 6 nitrogen and oxygen atoms in total. The number of thiophene rings is 1. The molecule has 0 aromatic carbocycles. The number of aryl methyl sites for hydroxylation is 3. The lowest BCUT2D eigenvalue weighted by molar-refractivity contribution is 0.0955. The summed E-state index contributed by atoms with van der Waals surface area (Å²) in [6.45, 7) is 6.26. The fraction of sp³-hybridized carbons (Fsp3) is 0.333. The predicted octanol–water partition coefficient (Wildman–Crippen LogP) is 2.27. The van der Waals surface area contributed by atoms with Crippen LogP contribution >= 0.6 is 22.7 Å². The number of carbonyl (C=O) groups excluding carboxylic acids is 1. The van der Waals surface area contributed by atoms with Crippen molar-refractivity contribution >= 4 is 38.8 Å². The Morgan fingerprint density at radius 1 is 1.30 bits per heavy atom. The van der Waals surface area contributed by atoms with Gasteiger partial charge in [-0.3, -0.25) is 14.2 Å². The molecule has 1 N–H and O–H groups in total. The Bertz CT molecular complexity index is 939. The molecule has 8 heteroatoms. The summed E-state index contributed by atoms with van der Waals surface area (Å²) in [5.41, 5.74) is 0.674. The first-order chi connectivity index (χ1) is 11.0. The van der Waals surface area contributed by atoms with Crippen LogP contribution in [0.4, 0.5) is 0 Å². The number of thiazole rings is 1. The van der Waals surface area contributed by atoms with Gasteiger partial charge in [0.1, 0.15) is 15.5 Å². The number of hydrogen-bond donors (Lipinski definition) is 1. The molecule has 0 fully saturated rings. The van der Waals surface area contributed by atoms with Crippen molar-refractivity contribution in [3.8, 4) is 0 Å². The van der Waals surface area contributed by atoms with Gasteiger partial charge in [-0.15, -0.1) is 22.7 Å². The summed E-state index contributed by atoms with van der Waals surface area (Å²) in [4.78, 5) is 34.6. The number of rotatable bonds is 4. The topological polar surface area (TPSA) is 76.9 Å². The van der Waals surface area contributed by atoms with Crippen LogP contribution in [0.3, 0.4) is 0 Å². The standard InChI is InChI=1S/C15H16N4O2S2/c1-8-12(23-10(3)17-8)13(20)16-5-6-19-9(2)18-14-11(15(19)21)4-7-22-14/h4,7H,5-6H2,1-3H3,(H,16,20). The number of nitrogens with zero attached hydrogens (tertiary/aromatic N) is 3. The van der Waals surface area contributed by atoms with E-state index >= 15 is 0 Å². The van der Waals surface area contributed by atoms with Gasteiger partial charge in [0.25, 0.3) is 11.5 Å². The maximum atomic E-state index is 12.4. The highest BCUT2D eigenvalue weighted by Crippen LogP contribution is 2.17. The minimum Gasteiger partial charge on any atom is -0.349 e. The molecular formula is C15H16N4O2S2. The molecule has 3 rings (SSSR count). The predicted molar refractivity (Wildman–Crippen MR) is 92.5 cm³/mol. The monoisotopic (exact) mass is 348 g/mol. The summed E-state index contributed by atoms with van der Waals surface area (Å²) in [7, 11) is 0. The van der Waals surface area contributed by atoms with Crippen LogP contribution in [0.5, 0.6) is 0 Å². The third-order valence-electron chi connectivity index (χ3n) is 3.51. The smallest absolute Gasteiger partial charge is 0.263 e. The van der Waals surface area contributed by atoms with E-state index in [0.717, 1.165) is 15.5 Å². The van der Waals surface area contributed by atoms with E-state index in [9.17, 15) is 9.59 Å². The normalized spacial score (nSPS) is 11.1. The maximum Gasteiger partial charge on any atom is 0.263 e. The second kappa shape index (κ2) is 6.21. The molecule has 0 saturated heterocycles. The van der Waals surface area contributed by atoms with Gasteiger partial charge in [-0.05, 0) is 32.2 Å². The van der Waals surface area contributed by atoms with Crippen molar-refractivity contribution in [1.82, 2.24) is 19.9 Å². The SMILES string of the molecule is Cc1nc(C)c(C(=O)NCCn2c(C)nc3sccc3c2=O)s1. The molecule has 0 aliphatic heterocycles. The van der Waals surface area contributed by atoms with Crippen LogP contribution in [0.2, 0.25) is 0 Å². The molecule has 3 aromatic heterocycles. The third kappa shape index (κ3) is 3.04. The molecule has 0 bridgehead atoms. The molecule has 0 atom stereocenters. The van der Waals surface area contributed by atoms with Gasteiger partial charge in [0.2, 0.25) is 0 Å². The van der Waals surface area contributed by atoms with Gasteiger partial charge in [-0.25, -0.2) is 9.97 Å². The van der Waals surface area contributed by atoms with E-state index in [-0.39, 0.29) is 11.5 Å². The van der Waals surface area contributed by atoms with Crippen LogP contribution in [-0.4, -0.2) is 27.0 Å². The molecular weight excluding hydrogens is 332 g/mol. The highest BCUT2D eigenvalue weighted by molar-refractivity contribution is 7.16. The Hall–Kier alpha value is -2.06. The van der Waals surface area contributed by atoms with Crippen LogP contribution in [0.25, 0.3) is 10.2 Å². The van der Waals surface area contributed by atoms with Gasteiger partial charge in [0, 0.05) is 13.1 Å². The lowest BCUT2D eigenvalue weighted by atomic mass is 10.3. The zero-order chi connectivity index (χ0) is 16.6. The quantitative estimate of drug-likeness (QED) is 0.785. The second-order valence-corrected chi connectivity index (χ2v) is 7.26. The Morgan fingerprint density at radius 3 is 2.78 bits per heavy atom. The minimum atomic E-state index is -0.150. The number of fused-ring (bicyclic) bond motifs is 1. The zero-order valence-electron chi connectivity index (χ0n) is 13.0. The van der Waals surface area contributed by atoms with Crippen molar-refractivity contribution in [3.05, 3.63) is 43.2 Å². The lowest BCUT2D eigenvalue weighted by Gasteiger charge is -2.10. The van der Waals surface area contributed by atoms with Gasteiger partial charge >= 0.3 is 0 Å². The van der Waals surface area contributed by atoms with Gasteiger partial charge in [-0.1, -0.05) is 0 Å². The molecule has 23 heavy (non-hydrogen) atoms. The highest BCUT2D eigenvalue weighted by atomic mass is 32.1. The number of nitrogens with one attached hydrogen (secondary N) is 1. The van der Waals surface area contributed by atoms with Gasteiger partial charge in [0.05, 0.1) is 16.1 Å². The van der Waals surface area contributed by atoms with Crippen molar-refractivity contribution in [2.45, 2.75) is 27.3 Å². The minimum absolute atomic E-state index is 0.0622. The molecule has 3 aromatic rings. The maximum absolute atomic E-state index is 12.4. The summed E-state index contributed by atoms with van der Waals surface area (Å²) < 4.78 is 1.60. The van der Waals surface area contributed by atoms with E-state index in [2.05, 4.69) is 15.3 Å². The van der Waals surface area contributed by atoms with Crippen molar-refractivity contribution in [1.29, 1.82) is 0 Å². The fourth-order valence-electron chi connectivity index (χ4n) is 2.42. The van der Waals surface area contributed by atoms with E-state index in [4.69, 9.17) is 0 Å². The van der Waals surface area contributed by atoms with Crippen molar-refractivity contribution in [3.63, 3.8) is 0 Å². The van der Waals surface area contributed by atoms with Crippen molar-refractivity contribution in [2.24, 2.45) is 0 Å². The molecule has 3 heterocycles. The average molecular weight is 348 g/mol. The highest BCUT2D eigenvalue weighted by Gasteiger charge is 2.14. The number of hydrogen-bond acceptors (Lipinski definition) is 6. The molecule has 0 aliphatic carbocycles. The summed E-state index contributed by atoms with van der Waals surface area (Å²) >= 11 is 2.83. The Balaban J connectivity index is 1.73. The molecule has 1 amide bonds. The fourth-order valence-corrected chi connectivity index (χ4v) is 4.05. The van der Waals surface area contributed by atoms with E-state index < -0.39 is 0 Å². The van der Waals surface area contributed by atoms with E-state index in [1.54, 1.807) is 17.6 Å². The Labute approximate surface area is 140 Å². The lowest BCUT2D eigenvalue weighted by Crippen LogP contribution is -2.32. The summed E-state index contributed by atoms with van der Waals surface area (Å²) in [5, 5.41) is 6.20. The largest absolute Gasteiger partial charge is 0.349 e. The summed E-state index contributed by atoms with van der Waals surface area (Å²) in [6.07, 6.45) is 0. The second-order valence-electron chi connectivity index (χ2n) is 5.16. The van der Waals surface area contributed by atoms with Crippen molar-refractivity contribution in [2.75, 3.05) is 6.54 Å². The first-order valence-electron chi connectivity index (χ1n) is 7.14. The zero-order valence-corrected chi connectivity index (χ0v) is 14.7. The van der Waals surface area contributed by atoms with E-state index in [1.807, 2.05) is 19.2 Å². The Morgan fingerprint density at radius 2 is 2.09 bits per heavy atom. The Kier molecular flexibility index (Phi) is 4.27. The summed E-state index contributed by atoms with van der Waals surface area (Å²) in [6, 6.07) is 1.79. The van der Waals surface area contributed by atoms with Gasteiger partial charge < -0.3 is 5.32 Å². The van der Waals surface area contributed by atoms with Gasteiger partial charge in [-0.2, -0.15) is 0 Å². The van der Waals surface area contributed by atoms with Crippen LogP contribution in [0.15, 0.2) is 16.2 Å². The molecule has 0 radical (unpaired) electrons. The first-order valence-corrected chi connectivity index (χ1v) is 8.84. The van der Waals surface area contributed by atoms with E-state index in [0.29, 0.717) is 29.2 Å².